The second-order valence-corrected chi connectivity index (χ2v) is 9.16. The number of halogens is 3. The van der Waals surface area contributed by atoms with Gasteiger partial charge in [0.05, 0.1) is 11.5 Å². The van der Waals surface area contributed by atoms with Crippen LogP contribution in [-0.4, -0.2) is 20.6 Å². The van der Waals surface area contributed by atoms with Crippen LogP contribution in [0.3, 0.4) is 0 Å². The second kappa shape index (κ2) is 11.0. The van der Waals surface area contributed by atoms with E-state index in [-0.39, 0.29) is 29.0 Å². The third-order valence-electron chi connectivity index (χ3n) is 5.26. The molecule has 0 atom stereocenters. The predicted molar refractivity (Wildman–Crippen MR) is 139 cm³/mol. The van der Waals surface area contributed by atoms with Crippen LogP contribution >= 0.6 is 34.8 Å². The second-order valence-electron chi connectivity index (χ2n) is 7.91. The van der Waals surface area contributed by atoms with Crippen LogP contribution in [0.1, 0.15) is 27.0 Å². The van der Waals surface area contributed by atoms with Gasteiger partial charge in [-0.05, 0) is 54.4 Å². The molecule has 8 nitrogen and oxygen atoms in total. The van der Waals surface area contributed by atoms with E-state index in [0.717, 1.165) is 11.1 Å². The Kier molecular flexibility index (Phi) is 7.79. The van der Waals surface area contributed by atoms with E-state index in [2.05, 4.69) is 10.4 Å². The number of carbonyl (C=O) groups excluding carboxylic acids is 1. The Hall–Kier alpha value is -3.59. The summed E-state index contributed by atoms with van der Waals surface area (Å²) in [6, 6.07) is 16.6. The highest BCUT2D eigenvalue weighted by Crippen LogP contribution is 2.26. The van der Waals surface area contributed by atoms with Gasteiger partial charge in [0.2, 0.25) is 0 Å². The molecule has 0 spiro atoms. The number of nitro groups is 1. The molecule has 3 aromatic carbocycles. The molecular weight excluding hydrogens is 527 g/mol. The summed E-state index contributed by atoms with van der Waals surface area (Å²) >= 11 is 18.5. The molecule has 0 radical (unpaired) electrons. The third kappa shape index (κ3) is 6.15. The van der Waals surface area contributed by atoms with Crippen molar-refractivity contribution in [3.8, 4) is 5.75 Å². The number of amides is 1. The lowest BCUT2D eigenvalue weighted by Gasteiger charge is -2.09. The van der Waals surface area contributed by atoms with E-state index in [4.69, 9.17) is 39.5 Å². The summed E-state index contributed by atoms with van der Waals surface area (Å²) in [5, 5.41) is 19.4. The van der Waals surface area contributed by atoms with Crippen molar-refractivity contribution in [2.45, 2.75) is 20.1 Å². The maximum absolute atomic E-state index is 12.8. The number of aryl methyl sites for hydroxylation is 1. The third-order valence-corrected chi connectivity index (χ3v) is 6.12. The highest BCUT2D eigenvalue weighted by molar-refractivity contribution is 6.35. The monoisotopic (exact) mass is 544 g/mol. The zero-order valence-electron chi connectivity index (χ0n) is 18.9. The lowest BCUT2D eigenvalue weighted by atomic mass is 10.1. The number of rotatable bonds is 8. The molecule has 1 aromatic heterocycles. The predicted octanol–water partition coefficient (Wildman–Crippen LogP) is 6.94. The molecule has 0 saturated carbocycles. The first-order valence-corrected chi connectivity index (χ1v) is 11.8. The fourth-order valence-corrected chi connectivity index (χ4v) is 4.12. The van der Waals surface area contributed by atoms with Crippen molar-refractivity contribution >= 4 is 52.2 Å². The molecule has 0 aliphatic rings. The van der Waals surface area contributed by atoms with Gasteiger partial charge in [-0.3, -0.25) is 19.6 Å². The highest BCUT2D eigenvalue weighted by atomic mass is 35.5. The Morgan fingerprint density at radius 2 is 1.89 bits per heavy atom. The molecule has 0 bridgehead atoms. The number of benzene rings is 3. The number of anilines is 1. The molecule has 1 heterocycles. The first kappa shape index (κ1) is 25.5. The summed E-state index contributed by atoms with van der Waals surface area (Å²) in [6.07, 6.45) is 1.60. The van der Waals surface area contributed by atoms with Gasteiger partial charge >= 0.3 is 0 Å². The summed E-state index contributed by atoms with van der Waals surface area (Å²) in [4.78, 5) is 23.4. The zero-order chi connectivity index (χ0) is 25.8. The van der Waals surface area contributed by atoms with Crippen LogP contribution < -0.4 is 10.1 Å². The van der Waals surface area contributed by atoms with Crippen molar-refractivity contribution in [3.05, 3.63) is 114 Å². The van der Waals surface area contributed by atoms with Crippen LogP contribution in [0, 0.1) is 17.0 Å². The number of nitrogens with zero attached hydrogens (tertiary/aromatic N) is 3. The van der Waals surface area contributed by atoms with E-state index < -0.39 is 4.92 Å². The number of hydrogen-bond donors (Lipinski definition) is 1. The quantitative estimate of drug-likeness (QED) is 0.191. The molecule has 0 unspecified atom stereocenters. The largest absolute Gasteiger partial charge is 0.489 e. The van der Waals surface area contributed by atoms with Gasteiger partial charge in [-0.2, -0.15) is 5.10 Å². The molecule has 4 aromatic rings. The number of ether oxygens (including phenoxy) is 1. The Labute approximate surface area is 221 Å². The topological polar surface area (TPSA) is 99.3 Å². The summed E-state index contributed by atoms with van der Waals surface area (Å²) in [6.45, 7) is 2.17. The molecule has 0 saturated heterocycles. The molecule has 0 aliphatic heterocycles. The maximum Gasteiger partial charge on any atom is 0.272 e. The van der Waals surface area contributed by atoms with Crippen LogP contribution in [0.25, 0.3) is 0 Å². The number of carbonyl (C=O) groups is 1. The summed E-state index contributed by atoms with van der Waals surface area (Å²) in [5.41, 5.74) is 2.46. The van der Waals surface area contributed by atoms with Crippen LogP contribution in [0.5, 0.6) is 5.75 Å². The van der Waals surface area contributed by atoms with Crippen LogP contribution in [0.15, 0.2) is 66.9 Å². The van der Waals surface area contributed by atoms with Crippen molar-refractivity contribution in [1.29, 1.82) is 0 Å². The van der Waals surface area contributed by atoms with Crippen LogP contribution in [-0.2, 0) is 13.2 Å². The maximum atomic E-state index is 12.8. The lowest BCUT2D eigenvalue weighted by Crippen LogP contribution is -2.13. The number of aromatic nitrogens is 2. The van der Waals surface area contributed by atoms with Gasteiger partial charge in [0.1, 0.15) is 17.4 Å². The van der Waals surface area contributed by atoms with Gasteiger partial charge in [0.15, 0.2) is 5.82 Å². The van der Waals surface area contributed by atoms with Crippen LogP contribution in [0.2, 0.25) is 15.1 Å². The Morgan fingerprint density at radius 1 is 1.08 bits per heavy atom. The average molecular weight is 546 g/mol. The van der Waals surface area contributed by atoms with Gasteiger partial charge in [-0.15, -0.1) is 0 Å². The fraction of sp³-hybridized carbons (Fsp3) is 0.120. The molecule has 0 fully saturated rings. The smallest absolute Gasteiger partial charge is 0.272 e. The minimum Gasteiger partial charge on any atom is -0.489 e. The standard InChI is InChI=1S/C25H19Cl3N4O4/c1-15-9-20(7-8-23(15)32(34)35)36-14-16-3-2-4-17(10-16)25(33)29-24-22(28)13-31(30-24)12-18-5-6-19(26)11-21(18)27/h2-11,13H,12,14H2,1H3,(H,29,30,33). The van der Waals surface area contributed by atoms with Gasteiger partial charge < -0.3 is 10.1 Å². The van der Waals surface area contributed by atoms with Gasteiger partial charge in [-0.25, -0.2) is 0 Å². The SMILES string of the molecule is Cc1cc(OCc2cccc(C(=O)Nc3nn(Cc4ccc(Cl)cc4Cl)cc3Cl)c2)ccc1[N+](=O)[O-]. The van der Waals surface area contributed by atoms with E-state index in [1.54, 1.807) is 60.3 Å². The molecule has 4 rings (SSSR count). The fourth-order valence-electron chi connectivity index (χ4n) is 3.46. The Balaban J connectivity index is 1.41. The van der Waals surface area contributed by atoms with Gasteiger partial charge in [0.25, 0.3) is 11.6 Å². The Bertz CT molecular complexity index is 1460. The van der Waals surface area contributed by atoms with Crippen molar-refractivity contribution in [1.82, 2.24) is 9.78 Å². The highest BCUT2D eigenvalue weighted by Gasteiger charge is 2.15. The molecule has 0 aliphatic carbocycles. The first-order valence-electron chi connectivity index (χ1n) is 10.6. The van der Waals surface area contributed by atoms with E-state index in [0.29, 0.717) is 33.5 Å². The summed E-state index contributed by atoms with van der Waals surface area (Å²) < 4.78 is 7.32. The molecule has 1 N–H and O–H groups in total. The minimum absolute atomic E-state index is 0.0263. The van der Waals surface area contributed by atoms with Crippen molar-refractivity contribution in [2.24, 2.45) is 0 Å². The van der Waals surface area contributed by atoms with Gasteiger partial charge in [0, 0.05) is 33.4 Å². The molecule has 1 amide bonds. The normalized spacial score (nSPS) is 10.8. The molecule has 184 valence electrons. The van der Waals surface area contributed by atoms with E-state index in [1.165, 1.54) is 12.1 Å². The van der Waals surface area contributed by atoms with E-state index in [9.17, 15) is 14.9 Å². The lowest BCUT2D eigenvalue weighted by molar-refractivity contribution is -0.385. The first-order chi connectivity index (χ1) is 17.2. The summed E-state index contributed by atoms with van der Waals surface area (Å²) in [7, 11) is 0. The van der Waals surface area contributed by atoms with Crippen molar-refractivity contribution < 1.29 is 14.5 Å². The molecule has 11 heteroatoms. The van der Waals surface area contributed by atoms with Crippen LogP contribution in [0.4, 0.5) is 11.5 Å². The number of hydrogen-bond acceptors (Lipinski definition) is 5. The zero-order valence-corrected chi connectivity index (χ0v) is 21.1. The molecular formula is C25H19Cl3N4O4. The number of nitrogens with one attached hydrogen (secondary N) is 1. The minimum atomic E-state index is -0.441. The Morgan fingerprint density at radius 3 is 2.61 bits per heavy atom. The van der Waals surface area contributed by atoms with Crippen molar-refractivity contribution in [2.75, 3.05) is 5.32 Å². The number of nitro benzene ring substituents is 1. The van der Waals surface area contributed by atoms with E-state index in [1.807, 2.05) is 6.07 Å². The van der Waals surface area contributed by atoms with E-state index >= 15 is 0 Å². The average Bonchev–Trinajstić information content (AvgIpc) is 3.18. The summed E-state index contributed by atoms with van der Waals surface area (Å²) in [5.74, 6) is 0.320. The molecule has 36 heavy (non-hydrogen) atoms. The van der Waals surface area contributed by atoms with Crippen molar-refractivity contribution in [3.63, 3.8) is 0 Å². The van der Waals surface area contributed by atoms with Gasteiger partial charge in [-0.1, -0.05) is 53.0 Å².